The average Bonchev–Trinajstić information content (AvgIpc) is 3.05. The number of nitrogens with zero attached hydrogens (tertiary/aromatic N) is 4. The Kier molecular flexibility index (Phi) is 5.20. The van der Waals surface area contributed by atoms with Gasteiger partial charge < -0.3 is 10.1 Å². The average molecular weight is 387 g/mol. The van der Waals surface area contributed by atoms with Crippen molar-refractivity contribution in [3.8, 4) is 5.88 Å². The summed E-state index contributed by atoms with van der Waals surface area (Å²) in [6.45, 7) is 2.62. The van der Waals surface area contributed by atoms with Crippen LogP contribution in [0, 0.1) is 6.92 Å². The van der Waals surface area contributed by atoms with Gasteiger partial charge in [-0.3, -0.25) is 9.48 Å². The summed E-state index contributed by atoms with van der Waals surface area (Å²) in [5, 5.41) is 8.13. The van der Waals surface area contributed by atoms with Crippen LogP contribution in [-0.4, -0.2) is 25.7 Å². The molecule has 146 valence electrons. The zero-order valence-electron chi connectivity index (χ0n) is 16.3. The van der Waals surface area contributed by atoms with Crippen molar-refractivity contribution in [2.75, 3.05) is 0 Å². The predicted octanol–water partition coefficient (Wildman–Crippen LogP) is 3.18. The minimum Gasteiger partial charge on any atom is -0.473 e. The Morgan fingerprint density at radius 1 is 1.14 bits per heavy atom. The van der Waals surface area contributed by atoms with Crippen LogP contribution >= 0.6 is 0 Å². The van der Waals surface area contributed by atoms with Gasteiger partial charge in [0.15, 0.2) is 5.65 Å². The van der Waals surface area contributed by atoms with Gasteiger partial charge in [0.05, 0.1) is 11.3 Å². The molecule has 0 spiro atoms. The molecule has 0 fully saturated rings. The van der Waals surface area contributed by atoms with Gasteiger partial charge in [0.25, 0.3) is 5.91 Å². The number of ether oxygens (including phenoxy) is 1. The second kappa shape index (κ2) is 8.10. The minimum atomic E-state index is -0.208. The SMILES string of the molecule is Cc1nn(C)c2ncc(C(=O)NCc3cccnc3OCc3ccccc3)cc12. The van der Waals surface area contributed by atoms with Crippen molar-refractivity contribution < 1.29 is 9.53 Å². The van der Waals surface area contributed by atoms with Gasteiger partial charge in [-0.1, -0.05) is 36.4 Å². The number of hydrogen-bond acceptors (Lipinski definition) is 5. The Balaban J connectivity index is 1.45. The van der Waals surface area contributed by atoms with Gasteiger partial charge in [-0.05, 0) is 24.6 Å². The lowest BCUT2D eigenvalue weighted by atomic mass is 10.2. The topological polar surface area (TPSA) is 81.9 Å². The van der Waals surface area contributed by atoms with E-state index in [2.05, 4.69) is 20.4 Å². The molecule has 0 unspecified atom stereocenters. The van der Waals surface area contributed by atoms with E-state index in [0.29, 0.717) is 24.6 Å². The molecule has 0 saturated heterocycles. The number of aryl methyl sites for hydroxylation is 2. The first-order chi connectivity index (χ1) is 14.1. The fourth-order valence-corrected chi connectivity index (χ4v) is 3.12. The van der Waals surface area contributed by atoms with Gasteiger partial charge in [-0.2, -0.15) is 5.10 Å². The zero-order valence-corrected chi connectivity index (χ0v) is 16.3. The number of aromatic nitrogens is 4. The second-order valence-corrected chi connectivity index (χ2v) is 6.73. The highest BCUT2D eigenvalue weighted by Crippen LogP contribution is 2.18. The fourth-order valence-electron chi connectivity index (χ4n) is 3.12. The van der Waals surface area contributed by atoms with Crippen LogP contribution in [0.5, 0.6) is 5.88 Å². The smallest absolute Gasteiger partial charge is 0.253 e. The molecule has 29 heavy (non-hydrogen) atoms. The number of rotatable bonds is 6. The molecule has 4 rings (SSSR count). The molecule has 1 N–H and O–H groups in total. The number of carbonyl (C=O) groups is 1. The second-order valence-electron chi connectivity index (χ2n) is 6.73. The molecule has 3 aromatic heterocycles. The molecule has 0 atom stereocenters. The largest absolute Gasteiger partial charge is 0.473 e. The monoisotopic (exact) mass is 387 g/mol. The van der Waals surface area contributed by atoms with Crippen molar-refractivity contribution in [1.82, 2.24) is 25.1 Å². The number of amides is 1. The van der Waals surface area contributed by atoms with E-state index in [1.807, 2.05) is 62.5 Å². The van der Waals surface area contributed by atoms with Crippen LogP contribution < -0.4 is 10.1 Å². The highest BCUT2D eigenvalue weighted by molar-refractivity contribution is 5.97. The third kappa shape index (κ3) is 4.08. The minimum absolute atomic E-state index is 0.208. The molecule has 3 heterocycles. The molecular weight excluding hydrogens is 366 g/mol. The third-order valence-corrected chi connectivity index (χ3v) is 4.63. The van der Waals surface area contributed by atoms with Gasteiger partial charge in [0.2, 0.25) is 5.88 Å². The summed E-state index contributed by atoms with van der Waals surface area (Å²) in [6, 6.07) is 15.4. The standard InChI is InChI=1S/C22H21N5O2/c1-15-19-11-18(13-24-20(19)27(2)26-15)21(28)25-12-17-9-6-10-23-22(17)29-14-16-7-4-3-5-8-16/h3-11,13H,12,14H2,1-2H3,(H,25,28). The highest BCUT2D eigenvalue weighted by Gasteiger charge is 2.13. The fraction of sp³-hybridized carbons (Fsp3) is 0.182. The Hall–Kier alpha value is -3.74. The van der Waals surface area contributed by atoms with Crippen molar-refractivity contribution in [3.05, 3.63) is 83.3 Å². The number of carbonyl (C=O) groups excluding carboxylic acids is 1. The molecule has 7 nitrogen and oxygen atoms in total. The summed E-state index contributed by atoms with van der Waals surface area (Å²) < 4.78 is 7.56. The Bertz CT molecular complexity index is 1150. The summed E-state index contributed by atoms with van der Waals surface area (Å²) in [5.74, 6) is 0.300. The van der Waals surface area contributed by atoms with Crippen LogP contribution in [0.25, 0.3) is 11.0 Å². The van der Waals surface area contributed by atoms with E-state index in [-0.39, 0.29) is 5.91 Å². The molecule has 4 aromatic rings. The van der Waals surface area contributed by atoms with Crippen LogP contribution in [-0.2, 0) is 20.2 Å². The molecule has 0 saturated carbocycles. The molecule has 0 aliphatic heterocycles. The maximum Gasteiger partial charge on any atom is 0.253 e. The third-order valence-electron chi connectivity index (χ3n) is 4.63. The van der Waals surface area contributed by atoms with E-state index >= 15 is 0 Å². The first-order valence-electron chi connectivity index (χ1n) is 9.30. The Labute approximate surface area is 168 Å². The predicted molar refractivity (Wildman–Crippen MR) is 109 cm³/mol. The van der Waals surface area contributed by atoms with Crippen LogP contribution in [0.3, 0.4) is 0 Å². The lowest BCUT2D eigenvalue weighted by molar-refractivity contribution is 0.0950. The molecular formula is C22H21N5O2. The van der Waals surface area contributed by atoms with E-state index < -0.39 is 0 Å². The molecule has 1 amide bonds. The zero-order chi connectivity index (χ0) is 20.2. The van der Waals surface area contributed by atoms with E-state index in [9.17, 15) is 4.79 Å². The molecule has 0 bridgehead atoms. The summed E-state index contributed by atoms with van der Waals surface area (Å²) in [7, 11) is 1.83. The van der Waals surface area contributed by atoms with E-state index in [0.717, 1.165) is 27.9 Å². The summed E-state index contributed by atoms with van der Waals surface area (Å²) >= 11 is 0. The number of hydrogen-bond donors (Lipinski definition) is 1. The van der Waals surface area contributed by atoms with Gasteiger partial charge in [0, 0.05) is 36.9 Å². The highest BCUT2D eigenvalue weighted by atomic mass is 16.5. The molecule has 1 aromatic carbocycles. The first kappa shape index (κ1) is 18.6. The van der Waals surface area contributed by atoms with Gasteiger partial charge in [-0.15, -0.1) is 0 Å². The number of fused-ring (bicyclic) bond motifs is 1. The molecule has 7 heteroatoms. The van der Waals surface area contributed by atoms with Crippen LogP contribution in [0.15, 0.2) is 60.9 Å². The van der Waals surface area contributed by atoms with Crippen LogP contribution in [0.1, 0.15) is 27.2 Å². The first-order valence-corrected chi connectivity index (χ1v) is 9.30. The van der Waals surface area contributed by atoms with Gasteiger partial charge >= 0.3 is 0 Å². The Morgan fingerprint density at radius 2 is 1.97 bits per heavy atom. The summed E-state index contributed by atoms with van der Waals surface area (Å²) in [5.41, 5.74) is 3.95. The lowest BCUT2D eigenvalue weighted by Crippen LogP contribution is -2.23. The van der Waals surface area contributed by atoms with Crippen LogP contribution in [0.2, 0.25) is 0 Å². The lowest BCUT2D eigenvalue weighted by Gasteiger charge is -2.11. The normalized spacial score (nSPS) is 10.8. The van der Waals surface area contributed by atoms with E-state index in [1.54, 1.807) is 17.1 Å². The van der Waals surface area contributed by atoms with Crippen molar-refractivity contribution in [2.24, 2.45) is 7.05 Å². The van der Waals surface area contributed by atoms with Crippen molar-refractivity contribution >= 4 is 16.9 Å². The molecule has 0 aliphatic rings. The van der Waals surface area contributed by atoms with E-state index in [4.69, 9.17) is 4.74 Å². The van der Waals surface area contributed by atoms with Crippen molar-refractivity contribution in [2.45, 2.75) is 20.1 Å². The quantitative estimate of drug-likeness (QED) is 0.549. The van der Waals surface area contributed by atoms with E-state index in [1.165, 1.54) is 0 Å². The number of benzene rings is 1. The van der Waals surface area contributed by atoms with Gasteiger partial charge in [-0.25, -0.2) is 9.97 Å². The van der Waals surface area contributed by atoms with Crippen molar-refractivity contribution in [3.63, 3.8) is 0 Å². The van der Waals surface area contributed by atoms with Gasteiger partial charge in [0.1, 0.15) is 6.61 Å². The maximum absolute atomic E-state index is 12.6. The van der Waals surface area contributed by atoms with Crippen molar-refractivity contribution in [1.29, 1.82) is 0 Å². The van der Waals surface area contributed by atoms with Crippen LogP contribution in [0.4, 0.5) is 0 Å². The molecule has 0 radical (unpaired) electrons. The molecule has 0 aliphatic carbocycles. The number of pyridine rings is 2. The maximum atomic E-state index is 12.6. The summed E-state index contributed by atoms with van der Waals surface area (Å²) in [4.78, 5) is 21.3. The summed E-state index contributed by atoms with van der Waals surface area (Å²) in [6.07, 6.45) is 3.24. The number of nitrogens with one attached hydrogen (secondary N) is 1. The Morgan fingerprint density at radius 3 is 2.79 bits per heavy atom.